The molecule has 2 heterocycles. The number of piperidine rings is 1. The van der Waals surface area contributed by atoms with Gasteiger partial charge in [0.25, 0.3) is 0 Å². The van der Waals surface area contributed by atoms with Crippen LogP contribution < -0.4 is 0 Å². The van der Waals surface area contributed by atoms with Gasteiger partial charge in [0.2, 0.25) is 10.0 Å². The van der Waals surface area contributed by atoms with Gasteiger partial charge >= 0.3 is 0 Å². The third kappa shape index (κ3) is 3.04. The van der Waals surface area contributed by atoms with E-state index in [1.165, 1.54) is 6.26 Å². The average molecular weight is 386 g/mol. The lowest BCUT2D eigenvalue weighted by molar-refractivity contribution is 0.249. The Hall–Kier alpha value is -0.920. The summed E-state index contributed by atoms with van der Waals surface area (Å²) in [5, 5.41) is -0.419. The van der Waals surface area contributed by atoms with Crippen molar-refractivity contribution in [3.63, 3.8) is 0 Å². The fourth-order valence-corrected chi connectivity index (χ4v) is 8.12. The van der Waals surface area contributed by atoms with Crippen molar-refractivity contribution >= 4 is 19.9 Å². The van der Waals surface area contributed by atoms with E-state index >= 15 is 0 Å². The molecule has 2 saturated heterocycles. The number of fused-ring (bicyclic) bond motifs is 2. The topological polar surface area (TPSA) is 71.5 Å². The lowest BCUT2D eigenvalue weighted by Crippen LogP contribution is -2.49. The number of hydrogen-bond donors (Lipinski definition) is 0. The number of aryl methyl sites for hydroxylation is 2. The first-order valence-corrected chi connectivity index (χ1v) is 12.1. The molecule has 0 spiro atoms. The molecule has 140 valence electrons. The zero-order valence-corrected chi connectivity index (χ0v) is 17.2. The molecule has 5 nitrogen and oxygen atoms in total. The van der Waals surface area contributed by atoms with Crippen LogP contribution in [-0.2, 0) is 19.9 Å². The Kier molecular flexibility index (Phi) is 4.57. The third-order valence-corrected chi connectivity index (χ3v) is 9.94. The van der Waals surface area contributed by atoms with Gasteiger partial charge in [0.05, 0.1) is 10.1 Å². The normalized spacial score (nSPS) is 27.6. The monoisotopic (exact) mass is 385 g/mol. The van der Waals surface area contributed by atoms with Crippen LogP contribution in [0.15, 0.2) is 11.0 Å². The number of nitrogens with zero attached hydrogens (tertiary/aromatic N) is 1. The fraction of sp³-hybridized carbons (Fsp3) is 0.667. The molecule has 3 rings (SSSR count). The minimum atomic E-state index is -3.63. The second-order valence-electron chi connectivity index (χ2n) is 7.73. The number of benzene rings is 1. The van der Waals surface area contributed by atoms with Gasteiger partial charge < -0.3 is 0 Å². The summed E-state index contributed by atoms with van der Waals surface area (Å²) in [5.41, 5.74) is 3.54. The highest BCUT2D eigenvalue weighted by Gasteiger charge is 2.49. The van der Waals surface area contributed by atoms with E-state index in [0.29, 0.717) is 17.7 Å². The third-order valence-electron chi connectivity index (χ3n) is 6.06. The first-order valence-electron chi connectivity index (χ1n) is 8.74. The van der Waals surface area contributed by atoms with E-state index in [2.05, 4.69) is 0 Å². The first kappa shape index (κ1) is 18.9. The molecule has 0 radical (unpaired) electrons. The Morgan fingerprint density at radius 2 is 1.32 bits per heavy atom. The van der Waals surface area contributed by atoms with Crippen molar-refractivity contribution < 1.29 is 16.8 Å². The Morgan fingerprint density at radius 3 is 1.72 bits per heavy atom. The summed E-state index contributed by atoms with van der Waals surface area (Å²) in [5.74, 6) is 0. The van der Waals surface area contributed by atoms with Gasteiger partial charge in [-0.2, -0.15) is 4.31 Å². The molecule has 2 unspecified atom stereocenters. The second-order valence-corrected chi connectivity index (χ2v) is 11.8. The lowest BCUT2D eigenvalue weighted by atomic mass is 10.0. The predicted octanol–water partition coefficient (Wildman–Crippen LogP) is 2.65. The highest BCUT2D eigenvalue weighted by molar-refractivity contribution is 7.91. The molecule has 2 aliphatic heterocycles. The van der Waals surface area contributed by atoms with E-state index in [1.54, 1.807) is 4.31 Å². The van der Waals surface area contributed by atoms with Crippen LogP contribution >= 0.6 is 0 Å². The van der Waals surface area contributed by atoms with Gasteiger partial charge in [-0.3, -0.25) is 0 Å². The zero-order chi connectivity index (χ0) is 18.7. The molecule has 2 fully saturated rings. The van der Waals surface area contributed by atoms with Gasteiger partial charge in [-0.1, -0.05) is 6.07 Å². The number of hydrogen-bond acceptors (Lipinski definition) is 4. The van der Waals surface area contributed by atoms with Crippen molar-refractivity contribution in [2.75, 3.05) is 6.26 Å². The quantitative estimate of drug-likeness (QED) is 0.802. The Bertz CT molecular complexity index is 879. The van der Waals surface area contributed by atoms with Gasteiger partial charge in [0.1, 0.15) is 9.84 Å². The lowest BCUT2D eigenvalue weighted by Gasteiger charge is -2.38. The average Bonchev–Trinajstić information content (AvgIpc) is 2.76. The Morgan fingerprint density at radius 1 is 0.880 bits per heavy atom. The largest absolute Gasteiger partial charge is 0.244 e. The molecule has 0 aromatic heterocycles. The van der Waals surface area contributed by atoms with Crippen LogP contribution in [0.4, 0.5) is 0 Å². The van der Waals surface area contributed by atoms with Crippen LogP contribution in [0.2, 0.25) is 0 Å². The minimum Gasteiger partial charge on any atom is -0.229 e. The van der Waals surface area contributed by atoms with Crippen LogP contribution in [-0.4, -0.2) is 44.7 Å². The summed E-state index contributed by atoms with van der Waals surface area (Å²) < 4.78 is 52.6. The van der Waals surface area contributed by atoms with E-state index in [1.807, 2.05) is 33.8 Å². The molecule has 2 aliphatic rings. The highest BCUT2D eigenvalue weighted by Crippen LogP contribution is 2.43. The fourth-order valence-electron chi connectivity index (χ4n) is 4.50. The molecule has 0 amide bonds. The predicted molar refractivity (Wildman–Crippen MR) is 99.1 cm³/mol. The molecule has 0 aliphatic carbocycles. The van der Waals surface area contributed by atoms with Crippen LogP contribution in [0.1, 0.15) is 47.9 Å². The molecular formula is C18H27NO4S2. The van der Waals surface area contributed by atoms with E-state index in [4.69, 9.17) is 0 Å². The summed E-state index contributed by atoms with van der Waals surface area (Å²) in [6.07, 6.45) is 3.59. The molecule has 1 aromatic rings. The summed E-state index contributed by atoms with van der Waals surface area (Å²) in [6, 6.07) is 1.61. The Labute approximate surface area is 151 Å². The highest BCUT2D eigenvalue weighted by atomic mass is 32.2. The maximum absolute atomic E-state index is 13.5. The molecule has 25 heavy (non-hydrogen) atoms. The van der Waals surface area contributed by atoms with Gasteiger partial charge in [-0.15, -0.1) is 0 Å². The number of sulfonamides is 1. The summed E-state index contributed by atoms with van der Waals surface area (Å²) in [6.45, 7) is 7.59. The molecule has 7 heteroatoms. The van der Waals surface area contributed by atoms with E-state index in [-0.39, 0.29) is 12.1 Å². The molecule has 2 atom stereocenters. The maximum Gasteiger partial charge on any atom is 0.244 e. The SMILES string of the molecule is Cc1cc(C)c(C)c(S(=O)(=O)N2C3CCC2CC(S(C)(=O)=O)C3)c1C. The van der Waals surface area contributed by atoms with Gasteiger partial charge in [0.15, 0.2) is 0 Å². The van der Waals surface area contributed by atoms with E-state index in [0.717, 1.165) is 35.1 Å². The number of sulfone groups is 1. The van der Waals surface area contributed by atoms with Crippen LogP contribution in [0.3, 0.4) is 0 Å². The molecule has 0 saturated carbocycles. The van der Waals surface area contributed by atoms with Crippen molar-refractivity contribution in [3.05, 3.63) is 28.3 Å². The van der Waals surface area contributed by atoms with Crippen molar-refractivity contribution in [3.8, 4) is 0 Å². The molecule has 2 bridgehead atoms. The molecular weight excluding hydrogens is 358 g/mol. The smallest absolute Gasteiger partial charge is 0.229 e. The van der Waals surface area contributed by atoms with E-state index < -0.39 is 25.1 Å². The summed E-state index contributed by atoms with van der Waals surface area (Å²) in [7, 11) is -6.77. The van der Waals surface area contributed by atoms with Crippen LogP contribution in [0.5, 0.6) is 0 Å². The van der Waals surface area contributed by atoms with Crippen LogP contribution in [0.25, 0.3) is 0 Å². The molecule has 1 aromatic carbocycles. The summed E-state index contributed by atoms with van der Waals surface area (Å²) >= 11 is 0. The van der Waals surface area contributed by atoms with Crippen molar-refractivity contribution in [2.45, 2.75) is 75.6 Å². The van der Waals surface area contributed by atoms with Gasteiger partial charge in [0, 0.05) is 18.3 Å². The van der Waals surface area contributed by atoms with Gasteiger partial charge in [-0.25, -0.2) is 16.8 Å². The van der Waals surface area contributed by atoms with Crippen molar-refractivity contribution in [1.29, 1.82) is 0 Å². The van der Waals surface area contributed by atoms with Crippen molar-refractivity contribution in [2.24, 2.45) is 0 Å². The maximum atomic E-state index is 13.5. The molecule has 0 N–H and O–H groups in total. The number of rotatable bonds is 3. The first-order chi connectivity index (χ1) is 11.4. The van der Waals surface area contributed by atoms with Gasteiger partial charge in [-0.05, 0) is 75.6 Å². The Balaban J connectivity index is 2.07. The van der Waals surface area contributed by atoms with E-state index in [9.17, 15) is 16.8 Å². The standard InChI is InChI=1S/C18H27NO4S2/c1-11-8-12(2)14(4)18(13(11)3)25(22,23)19-15-6-7-16(19)10-17(9-15)24(5,20)21/h8,15-17H,6-7,9-10H2,1-5H3. The zero-order valence-electron chi connectivity index (χ0n) is 15.5. The minimum absolute atomic E-state index is 0.205. The van der Waals surface area contributed by atoms with Crippen molar-refractivity contribution in [1.82, 2.24) is 4.31 Å². The van der Waals surface area contributed by atoms with Crippen LogP contribution in [0, 0.1) is 27.7 Å². The summed E-state index contributed by atoms with van der Waals surface area (Å²) in [4.78, 5) is 0.416. The second kappa shape index (κ2) is 6.06.